The fourth-order valence-corrected chi connectivity index (χ4v) is 4.83. The summed E-state index contributed by atoms with van der Waals surface area (Å²) in [4.78, 5) is 24.6. The molecule has 0 spiro atoms. The first-order valence-electron chi connectivity index (χ1n) is 14.5. The molecule has 7 heteroatoms. The first kappa shape index (κ1) is 29.9. The molecule has 4 rings (SSSR count). The van der Waals surface area contributed by atoms with Crippen molar-refractivity contribution in [2.24, 2.45) is 5.73 Å². The first-order chi connectivity index (χ1) is 20.0. The van der Waals surface area contributed by atoms with Crippen LogP contribution in [0.1, 0.15) is 68.2 Å². The van der Waals surface area contributed by atoms with Crippen LogP contribution < -0.4 is 15.8 Å². The molecule has 1 amide bonds. The number of rotatable bonds is 15. The lowest BCUT2D eigenvalue weighted by molar-refractivity contribution is -0.142. The van der Waals surface area contributed by atoms with Crippen LogP contribution in [0, 0.1) is 0 Å². The maximum absolute atomic E-state index is 12.3. The second kappa shape index (κ2) is 15.1. The van der Waals surface area contributed by atoms with Crippen molar-refractivity contribution in [1.82, 2.24) is 5.32 Å². The van der Waals surface area contributed by atoms with E-state index in [1.165, 1.54) is 0 Å². The molecule has 3 N–H and O–H groups in total. The van der Waals surface area contributed by atoms with E-state index < -0.39 is 0 Å². The molecule has 0 saturated heterocycles. The molecule has 0 fully saturated rings. The molecule has 0 unspecified atom stereocenters. The molecule has 0 aliphatic heterocycles. The lowest BCUT2D eigenvalue weighted by atomic mass is 9.99. The van der Waals surface area contributed by atoms with E-state index in [2.05, 4.69) is 24.4 Å². The van der Waals surface area contributed by atoms with Crippen LogP contribution in [0.25, 0.3) is 22.1 Å². The van der Waals surface area contributed by atoms with Crippen molar-refractivity contribution in [1.29, 1.82) is 0 Å². The number of furan rings is 1. The summed E-state index contributed by atoms with van der Waals surface area (Å²) >= 11 is 0. The van der Waals surface area contributed by atoms with Crippen LogP contribution in [0.15, 0.2) is 71.3 Å². The van der Waals surface area contributed by atoms with E-state index in [0.29, 0.717) is 31.9 Å². The van der Waals surface area contributed by atoms with Crippen LogP contribution in [-0.4, -0.2) is 18.5 Å². The number of nitrogens with two attached hydrogens (primary N) is 1. The van der Waals surface area contributed by atoms with E-state index in [9.17, 15) is 9.59 Å². The molecule has 0 saturated carbocycles. The average Bonchev–Trinajstić information content (AvgIpc) is 3.46. The van der Waals surface area contributed by atoms with Gasteiger partial charge in [-0.2, -0.15) is 0 Å². The molecule has 0 radical (unpaired) electrons. The number of esters is 1. The number of amides is 1. The molecule has 0 atom stereocenters. The third-order valence-electron chi connectivity index (χ3n) is 7.00. The average molecular weight is 557 g/mol. The van der Waals surface area contributed by atoms with Crippen molar-refractivity contribution in [3.8, 4) is 16.9 Å². The van der Waals surface area contributed by atoms with Gasteiger partial charge in [-0.1, -0.05) is 56.5 Å². The SMILES string of the molecule is CCCCCCC(=O)NCc1ccc(CC(=O)OCC)c(OCc2cc(-c3cccc(CN)c3)c3occc3c2)c1. The second-order valence-electron chi connectivity index (χ2n) is 10.2. The molecule has 4 aromatic rings. The number of hydrogen-bond acceptors (Lipinski definition) is 6. The van der Waals surface area contributed by atoms with Crippen molar-refractivity contribution in [3.05, 3.63) is 89.2 Å². The van der Waals surface area contributed by atoms with Crippen LogP contribution >= 0.6 is 0 Å². The minimum absolute atomic E-state index is 0.0406. The van der Waals surface area contributed by atoms with Gasteiger partial charge in [-0.15, -0.1) is 0 Å². The second-order valence-corrected chi connectivity index (χ2v) is 10.2. The Morgan fingerprint density at radius 3 is 2.61 bits per heavy atom. The van der Waals surface area contributed by atoms with Gasteiger partial charge in [0.1, 0.15) is 17.9 Å². The Balaban J connectivity index is 1.53. The van der Waals surface area contributed by atoms with Gasteiger partial charge >= 0.3 is 5.97 Å². The van der Waals surface area contributed by atoms with Crippen molar-refractivity contribution < 1.29 is 23.5 Å². The van der Waals surface area contributed by atoms with Gasteiger partial charge in [-0.05, 0) is 65.9 Å². The highest BCUT2D eigenvalue weighted by atomic mass is 16.5. The monoisotopic (exact) mass is 556 g/mol. The largest absolute Gasteiger partial charge is 0.489 e. The Labute approximate surface area is 242 Å². The zero-order valence-corrected chi connectivity index (χ0v) is 24.0. The summed E-state index contributed by atoms with van der Waals surface area (Å²) in [5.74, 6) is 0.318. The molecule has 7 nitrogen and oxygen atoms in total. The molecule has 3 aromatic carbocycles. The normalized spacial score (nSPS) is 11.0. The summed E-state index contributed by atoms with van der Waals surface area (Å²) in [6, 6.07) is 19.8. The van der Waals surface area contributed by atoms with E-state index in [4.69, 9.17) is 19.6 Å². The number of benzene rings is 3. The van der Waals surface area contributed by atoms with Gasteiger partial charge < -0.3 is 24.9 Å². The molecule has 1 heterocycles. The fourth-order valence-electron chi connectivity index (χ4n) is 4.83. The van der Waals surface area contributed by atoms with Crippen LogP contribution in [0.2, 0.25) is 0 Å². The molecular formula is C34H40N2O5. The number of hydrogen-bond donors (Lipinski definition) is 2. The number of ether oxygens (including phenoxy) is 2. The van der Waals surface area contributed by atoms with Gasteiger partial charge in [0, 0.05) is 36.0 Å². The molecule has 41 heavy (non-hydrogen) atoms. The predicted octanol–water partition coefficient (Wildman–Crippen LogP) is 6.83. The molecule has 0 aliphatic rings. The summed E-state index contributed by atoms with van der Waals surface area (Å²) in [6.07, 6.45) is 6.56. The maximum Gasteiger partial charge on any atom is 0.310 e. The van der Waals surface area contributed by atoms with E-state index in [1.54, 1.807) is 13.2 Å². The number of carbonyl (C=O) groups excluding carboxylic acids is 2. The van der Waals surface area contributed by atoms with Crippen LogP contribution in [-0.2, 0) is 40.4 Å². The predicted molar refractivity (Wildman–Crippen MR) is 161 cm³/mol. The Kier molecular flexibility index (Phi) is 11.0. The summed E-state index contributed by atoms with van der Waals surface area (Å²) in [6.45, 7) is 5.39. The molecule has 0 bridgehead atoms. The Bertz CT molecular complexity index is 1460. The summed E-state index contributed by atoms with van der Waals surface area (Å²) < 4.78 is 17.3. The van der Waals surface area contributed by atoms with E-state index >= 15 is 0 Å². The zero-order chi connectivity index (χ0) is 29.0. The van der Waals surface area contributed by atoms with Crippen LogP contribution in [0.5, 0.6) is 5.75 Å². The van der Waals surface area contributed by atoms with Gasteiger partial charge in [-0.3, -0.25) is 9.59 Å². The number of nitrogens with one attached hydrogen (secondary N) is 1. The topological polar surface area (TPSA) is 104 Å². The number of fused-ring (bicyclic) bond motifs is 1. The zero-order valence-electron chi connectivity index (χ0n) is 24.0. The highest BCUT2D eigenvalue weighted by Gasteiger charge is 2.14. The summed E-state index contributed by atoms with van der Waals surface area (Å²) in [7, 11) is 0. The van der Waals surface area contributed by atoms with Crippen molar-refractivity contribution in [2.45, 2.75) is 72.1 Å². The standard InChI is InChI=1S/C34H40N2O5/c1-3-5-6-7-11-32(37)36-22-25-12-13-28(20-33(38)39-4-2)31(19-25)41-23-26-17-29-14-15-40-34(29)30(18-26)27-10-8-9-24(16-27)21-35/h8-10,12-19H,3-7,11,20-23,35H2,1-2H3,(H,36,37). The Morgan fingerprint density at radius 1 is 0.927 bits per heavy atom. The highest BCUT2D eigenvalue weighted by molar-refractivity contribution is 5.93. The Hall–Kier alpha value is -4.10. The highest BCUT2D eigenvalue weighted by Crippen LogP contribution is 2.32. The van der Waals surface area contributed by atoms with Gasteiger partial charge in [0.15, 0.2) is 0 Å². The first-order valence-corrected chi connectivity index (χ1v) is 14.5. The van der Waals surface area contributed by atoms with Gasteiger partial charge in [0.05, 0.1) is 19.3 Å². The van der Waals surface area contributed by atoms with E-state index in [0.717, 1.165) is 70.0 Å². The lowest BCUT2D eigenvalue weighted by Gasteiger charge is -2.15. The third-order valence-corrected chi connectivity index (χ3v) is 7.00. The smallest absolute Gasteiger partial charge is 0.310 e. The Morgan fingerprint density at radius 2 is 1.80 bits per heavy atom. The molecule has 216 valence electrons. The minimum atomic E-state index is -0.313. The van der Waals surface area contributed by atoms with E-state index in [-0.39, 0.29) is 24.9 Å². The van der Waals surface area contributed by atoms with Crippen molar-refractivity contribution >= 4 is 22.8 Å². The van der Waals surface area contributed by atoms with Gasteiger partial charge in [0.25, 0.3) is 0 Å². The molecule has 1 aromatic heterocycles. The van der Waals surface area contributed by atoms with Crippen molar-refractivity contribution in [3.63, 3.8) is 0 Å². The minimum Gasteiger partial charge on any atom is -0.489 e. The molecule has 0 aliphatic carbocycles. The number of unbranched alkanes of at least 4 members (excludes halogenated alkanes) is 3. The van der Waals surface area contributed by atoms with Gasteiger partial charge in [0.2, 0.25) is 5.91 Å². The third kappa shape index (κ3) is 8.44. The quantitative estimate of drug-likeness (QED) is 0.123. The number of carbonyl (C=O) groups is 2. The summed E-state index contributed by atoms with van der Waals surface area (Å²) in [5, 5.41) is 3.98. The van der Waals surface area contributed by atoms with Crippen molar-refractivity contribution in [2.75, 3.05) is 6.61 Å². The van der Waals surface area contributed by atoms with E-state index in [1.807, 2.05) is 48.5 Å². The maximum atomic E-state index is 12.3. The van der Waals surface area contributed by atoms with Gasteiger partial charge in [-0.25, -0.2) is 0 Å². The van der Waals surface area contributed by atoms with Crippen LogP contribution in [0.4, 0.5) is 0 Å². The van der Waals surface area contributed by atoms with Crippen LogP contribution in [0.3, 0.4) is 0 Å². The summed E-state index contributed by atoms with van der Waals surface area (Å²) in [5.41, 5.74) is 12.3. The fraction of sp³-hybridized carbons (Fsp3) is 0.353. The lowest BCUT2D eigenvalue weighted by Crippen LogP contribution is -2.22. The molecular weight excluding hydrogens is 516 g/mol.